The molecule has 1 N–H and O–H groups in total. The third-order valence-electron chi connectivity index (χ3n) is 5.47. The zero-order valence-corrected chi connectivity index (χ0v) is 18.6. The molecule has 0 spiro atoms. The van der Waals surface area contributed by atoms with Crippen LogP contribution in [-0.2, 0) is 4.79 Å². The Morgan fingerprint density at radius 1 is 1.03 bits per heavy atom. The van der Waals surface area contributed by atoms with Crippen LogP contribution in [-0.4, -0.2) is 41.8 Å². The summed E-state index contributed by atoms with van der Waals surface area (Å²) in [6, 6.07) is 13.5. The zero-order valence-electron chi connectivity index (χ0n) is 18.6. The van der Waals surface area contributed by atoms with Crippen LogP contribution in [0.5, 0.6) is 5.75 Å². The van der Waals surface area contributed by atoms with Crippen molar-refractivity contribution in [3.63, 3.8) is 0 Å². The molecule has 0 unspecified atom stereocenters. The summed E-state index contributed by atoms with van der Waals surface area (Å²) in [7, 11) is 1.60. The van der Waals surface area contributed by atoms with Crippen LogP contribution in [0.1, 0.15) is 42.6 Å². The van der Waals surface area contributed by atoms with Crippen molar-refractivity contribution in [2.24, 2.45) is 0 Å². The van der Waals surface area contributed by atoms with Gasteiger partial charge in [-0.05, 0) is 38.5 Å². The van der Waals surface area contributed by atoms with E-state index in [1.807, 2.05) is 63.2 Å². The quantitative estimate of drug-likeness (QED) is 0.487. The van der Waals surface area contributed by atoms with Gasteiger partial charge in [0.15, 0.2) is 5.78 Å². The highest BCUT2D eigenvalue weighted by molar-refractivity contribution is 6.10. The van der Waals surface area contributed by atoms with E-state index in [0.29, 0.717) is 35.6 Å². The van der Waals surface area contributed by atoms with Gasteiger partial charge in [-0.3, -0.25) is 14.6 Å². The minimum absolute atomic E-state index is 0.0119. The number of nitrogens with zero attached hydrogens (tertiary/aromatic N) is 2. The number of ether oxygens (including phenoxy) is 1. The molecule has 3 aromatic rings. The lowest BCUT2D eigenvalue weighted by Gasteiger charge is -2.19. The fourth-order valence-corrected chi connectivity index (χ4v) is 3.64. The maximum Gasteiger partial charge on any atom is 0.223 e. The largest absolute Gasteiger partial charge is 0.494 e. The molecule has 6 nitrogen and oxygen atoms in total. The Balaban J connectivity index is 2.01. The second-order valence-electron chi connectivity index (χ2n) is 7.33. The highest BCUT2D eigenvalue weighted by atomic mass is 16.5. The molecule has 0 saturated heterocycles. The molecule has 0 bridgehead atoms. The van der Waals surface area contributed by atoms with Gasteiger partial charge in [-0.25, -0.2) is 0 Å². The highest BCUT2D eigenvalue weighted by Gasteiger charge is 2.20. The Kier molecular flexibility index (Phi) is 7.23. The third-order valence-corrected chi connectivity index (χ3v) is 5.47. The van der Waals surface area contributed by atoms with Crippen molar-refractivity contribution >= 4 is 34.0 Å². The number of ketones is 1. The number of aromatic nitrogens is 1. The number of rotatable bonds is 9. The van der Waals surface area contributed by atoms with Gasteiger partial charge < -0.3 is 15.0 Å². The SMILES string of the molecule is CCN(CC)C(=O)CCC(=O)c1cnc2c(OC)cccc2c1Nc1ccccc1C. The van der Waals surface area contributed by atoms with E-state index in [1.165, 1.54) is 0 Å². The normalized spacial score (nSPS) is 10.7. The number of aryl methyl sites for hydroxylation is 1. The van der Waals surface area contributed by atoms with Gasteiger partial charge in [0.05, 0.1) is 18.4 Å². The molecule has 6 heteroatoms. The summed E-state index contributed by atoms with van der Waals surface area (Å²) in [6.45, 7) is 7.17. The number of fused-ring (bicyclic) bond motifs is 1. The van der Waals surface area contributed by atoms with Crippen LogP contribution in [0.3, 0.4) is 0 Å². The first kappa shape index (κ1) is 22.3. The second kappa shape index (κ2) is 10.1. The third kappa shape index (κ3) is 4.85. The van der Waals surface area contributed by atoms with Crippen molar-refractivity contribution in [2.45, 2.75) is 33.6 Å². The summed E-state index contributed by atoms with van der Waals surface area (Å²) in [5.41, 5.74) is 3.79. The van der Waals surface area contributed by atoms with Crippen molar-refractivity contribution in [1.29, 1.82) is 0 Å². The summed E-state index contributed by atoms with van der Waals surface area (Å²) in [6.07, 6.45) is 1.89. The first-order chi connectivity index (χ1) is 15.0. The summed E-state index contributed by atoms with van der Waals surface area (Å²) >= 11 is 0. The minimum Gasteiger partial charge on any atom is -0.494 e. The Hall–Kier alpha value is -3.41. The maximum atomic E-state index is 13.2. The van der Waals surface area contributed by atoms with Gasteiger partial charge in [0.1, 0.15) is 11.3 Å². The van der Waals surface area contributed by atoms with Crippen molar-refractivity contribution in [1.82, 2.24) is 9.88 Å². The lowest BCUT2D eigenvalue weighted by Crippen LogP contribution is -2.30. The van der Waals surface area contributed by atoms with Crippen LogP contribution in [0.15, 0.2) is 48.7 Å². The molecule has 0 fully saturated rings. The van der Waals surface area contributed by atoms with Crippen molar-refractivity contribution in [3.8, 4) is 5.75 Å². The van der Waals surface area contributed by atoms with Gasteiger partial charge in [-0.15, -0.1) is 0 Å². The smallest absolute Gasteiger partial charge is 0.223 e. The van der Waals surface area contributed by atoms with E-state index < -0.39 is 0 Å². The molecule has 0 aliphatic rings. The van der Waals surface area contributed by atoms with Crippen molar-refractivity contribution in [3.05, 3.63) is 59.8 Å². The number of anilines is 2. The lowest BCUT2D eigenvalue weighted by molar-refractivity contribution is -0.130. The number of para-hydroxylation sites is 2. The molecule has 162 valence electrons. The lowest BCUT2D eigenvalue weighted by atomic mass is 10.0. The fraction of sp³-hybridized carbons (Fsp3) is 0.320. The van der Waals surface area contributed by atoms with E-state index in [1.54, 1.807) is 18.2 Å². The number of carbonyl (C=O) groups excluding carboxylic acids is 2. The maximum absolute atomic E-state index is 13.2. The number of carbonyl (C=O) groups is 2. The highest BCUT2D eigenvalue weighted by Crippen LogP contribution is 2.34. The van der Waals surface area contributed by atoms with Crippen LogP contribution in [0.2, 0.25) is 0 Å². The molecule has 1 heterocycles. The van der Waals surface area contributed by atoms with Crippen LogP contribution in [0.4, 0.5) is 11.4 Å². The first-order valence-corrected chi connectivity index (χ1v) is 10.6. The van der Waals surface area contributed by atoms with Crippen LogP contribution >= 0.6 is 0 Å². The zero-order chi connectivity index (χ0) is 22.4. The average molecular weight is 420 g/mol. The number of benzene rings is 2. The Morgan fingerprint density at radius 3 is 2.45 bits per heavy atom. The molecule has 0 aliphatic heterocycles. The van der Waals surface area contributed by atoms with E-state index in [0.717, 1.165) is 16.6 Å². The molecular weight excluding hydrogens is 390 g/mol. The predicted octanol–water partition coefficient (Wildman–Crippen LogP) is 5.13. The molecule has 0 radical (unpaired) electrons. The van der Waals surface area contributed by atoms with E-state index >= 15 is 0 Å². The van der Waals surface area contributed by atoms with Crippen molar-refractivity contribution in [2.75, 3.05) is 25.5 Å². The Morgan fingerprint density at radius 2 is 1.77 bits per heavy atom. The fourth-order valence-electron chi connectivity index (χ4n) is 3.64. The molecule has 0 saturated carbocycles. The van der Waals surface area contributed by atoms with Gasteiger partial charge in [0, 0.05) is 43.2 Å². The average Bonchev–Trinajstić information content (AvgIpc) is 2.79. The summed E-state index contributed by atoms with van der Waals surface area (Å²) in [5, 5.41) is 4.23. The number of pyridine rings is 1. The van der Waals surface area contributed by atoms with Gasteiger partial charge in [0.2, 0.25) is 5.91 Å². The number of amides is 1. The van der Waals surface area contributed by atoms with Crippen LogP contribution in [0.25, 0.3) is 10.9 Å². The number of methoxy groups -OCH3 is 1. The monoisotopic (exact) mass is 419 g/mol. The van der Waals surface area contributed by atoms with E-state index in [-0.39, 0.29) is 24.5 Å². The van der Waals surface area contributed by atoms with Gasteiger partial charge in [0.25, 0.3) is 0 Å². The first-order valence-electron chi connectivity index (χ1n) is 10.6. The van der Waals surface area contributed by atoms with E-state index in [2.05, 4.69) is 10.3 Å². The molecular formula is C25H29N3O3. The van der Waals surface area contributed by atoms with E-state index in [9.17, 15) is 9.59 Å². The molecule has 0 atom stereocenters. The summed E-state index contributed by atoms with van der Waals surface area (Å²) in [4.78, 5) is 31.8. The number of hydrogen-bond donors (Lipinski definition) is 1. The molecule has 2 aromatic carbocycles. The second-order valence-corrected chi connectivity index (χ2v) is 7.33. The molecule has 1 amide bonds. The van der Waals surface area contributed by atoms with Crippen LogP contribution in [0, 0.1) is 6.92 Å². The predicted molar refractivity (Wildman–Crippen MR) is 124 cm³/mol. The van der Waals surface area contributed by atoms with E-state index in [4.69, 9.17) is 4.74 Å². The standard InChI is InChI=1S/C25H29N3O3/c1-5-28(6-2)23(30)15-14-21(29)19-16-26-25-18(11-9-13-22(25)31-4)24(19)27-20-12-8-7-10-17(20)3/h7-13,16H,5-6,14-15H2,1-4H3,(H,26,27). The minimum atomic E-state index is -0.117. The van der Waals surface area contributed by atoms with Gasteiger partial charge >= 0.3 is 0 Å². The molecule has 0 aliphatic carbocycles. The Labute approximate surface area is 183 Å². The number of Topliss-reactive ketones (excluding diaryl/α,β-unsaturated/α-hetero) is 1. The molecule has 3 rings (SSSR count). The number of hydrogen-bond acceptors (Lipinski definition) is 5. The Bertz CT molecular complexity index is 1090. The molecule has 31 heavy (non-hydrogen) atoms. The topological polar surface area (TPSA) is 71.5 Å². The molecule has 1 aromatic heterocycles. The van der Waals surface area contributed by atoms with Crippen LogP contribution < -0.4 is 10.1 Å². The van der Waals surface area contributed by atoms with Gasteiger partial charge in [-0.1, -0.05) is 30.3 Å². The van der Waals surface area contributed by atoms with Crippen molar-refractivity contribution < 1.29 is 14.3 Å². The summed E-state index contributed by atoms with van der Waals surface area (Å²) in [5.74, 6) is 0.511. The summed E-state index contributed by atoms with van der Waals surface area (Å²) < 4.78 is 5.46. The number of nitrogens with one attached hydrogen (secondary N) is 1. The van der Waals surface area contributed by atoms with Gasteiger partial charge in [-0.2, -0.15) is 0 Å².